The number of carboxylic acids is 1. The van der Waals surface area contributed by atoms with Crippen molar-refractivity contribution in [3.63, 3.8) is 0 Å². The van der Waals surface area contributed by atoms with Crippen LogP contribution in [0.5, 0.6) is 0 Å². The second-order valence-corrected chi connectivity index (χ2v) is 5.62. The van der Waals surface area contributed by atoms with Crippen molar-refractivity contribution in [3.05, 3.63) is 89.8 Å². The van der Waals surface area contributed by atoms with Crippen molar-refractivity contribution in [2.24, 2.45) is 0 Å². The number of halogens is 1. The van der Waals surface area contributed by atoms with E-state index in [-0.39, 0.29) is 11.4 Å². The molecule has 3 aromatic rings. The van der Waals surface area contributed by atoms with Gasteiger partial charge in [0.25, 0.3) is 0 Å². The van der Waals surface area contributed by atoms with Crippen molar-refractivity contribution in [2.75, 3.05) is 0 Å². The molecule has 0 bridgehead atoms. The van der Waals surface area contributed by atoms with Gasteiger partial charge in [0.05, 0.1) is 5.56 Å². The summed E-state index contributed by atoms with van der Waals surface area (Å²) in [5.41, 5.74) is 3.39. The van der Waals surface area contributed by atoms with Crippen molar-refractivity contribution >= 4 is 18.3 Å². The lowest BCUT2D eigenvalue weighted by atomic mass is 9.89. The minimum Gasteiger partial charge on any atom is -0.478 e. The third-order valence-corrected chi connectivity index (χ3v) is 4.03. The standard InChI is InChI=1S/C22H15FO3/c23-16-7-3-6-15(14-16)17-8-1-2-9-18(17)19-10-4-11-21(22(25)26)20(19)12-5-13-24/h1-14H,(H,25,26)/b12-5+. The molecule has 0 fully saturated rings. The molecule has 0 unspecified atom stereocenters. The summed E-state index contributed by atoms with van der Waals surface area (Å²) >= 11 is 0. The van der Waals surface area contributed by atoms with Gasteiger partial charge in [-0.25, -0.2) is 9.18 Å². The van der Waals surface area contributed by atoms with Crippen LogP contribution in [0.15, 0.2) is 72.8 Å². The van der Waals surface area contributed by atoms with Gasteiger partial charge in [0.1, 0.15) is 12.1 Å². The average Bonchev–Trinajstić information content (AvgIpc) is 2.66. The van der Waals surface area contributed by atoms with Gasteiger partial charge in [-0.2, -0.15) is 0 Å². The lowest BCUT2D eigenvalue weighted by Crippen LogP contribution is -2.01. The van der Waals surface area contributed by atoms with Gasteiger partial charge in [-0.15, -0.1) is 0 Å². The summed E-state index contributed by atoms with van der Waals surface area (Å²) in [7, 11) is 0. The summed E-state index contributed by atoms with van der Waals surface area (Å²) in [5.74, 6) is -1.43. The van der Waals surface area contributed by atoms with E-state index in [0.29, 0.717) is 23.0 Å². The van der Waals surface area contributed by atoms with Gasteiger partial charge < -0.3 is 5.11 Å². The lowest BCUT2D eigenvalue weighted by molar-refractivity contribution is -0.104. The predicted molar refractivity (Wildman–Crippen MR) is 99.3 cm³/mol. The van der Waals surface area contributed by atoms with E-state index in [1.807, 2.05) is 24.3 Å². The highest BCUT2D eigenvalue weighted by molar-refractivity contribution is 5.99. The molecule has 3 rings (SSSR count). The third-order valence-electron chi connectivity index (χ3n) is 4.03. The fraction of sp³-hybridized carbons (Fsp3) is 0. The second kappa shape index (κ2) is 7.57. The molecule has 0 atom stereocenters. The van der Waals surface area contributed by atoms with Gasteiger partial charge in [-0.3, -0.25) is 4.79 Å². The van der Waals surface area contributed by atoms with E-state index < -0.39 is 5.97 Å². The number of carbonyl (C=O) groups excluding carboxylic acids is 1. The molecule has 0 aliphatic carbocycles. The number of aldehydes is 1. The van der Waals surface area contributed by atoms with Gasteiger partial charge in [0.2, 0.25) is 0 Å². The molecule has 128 valence electrons. The normalized spacial score (nSPS) is 10.8. The second-order valence-electron chi connectivity index (χ2n) is 5.62. The number of hydrogen-bond donors (Lipinski definition) is 1. The first-order chi connectivity index (χ1) is 12.6. The molecular formula is C22H15FO3. The van der Waals surface area contributed by atoms with Crippen molar-refractivity contribution < 1.29 is 19.1 Å². The molecule has 0 saturated carbocycles. The van der Waals surface area contributed by atoms with E-state index in [0.717, 1.165) is 11.1 Å². The van der Waals surface area contributed by atoms with Crippen LogP contribution in [0.2, 0.25) is 0 Å². The smallest absolute Gasteiger partial charge is 0.336 e. The molecule has 3 nitrogen and oxygen atoms in total. The Labute approximate surface area is 150 Å². The fourth-order valence-corrected chi connectivity index (χ4v) is 2.93. The molecule has 3 aromatic carbocycles. The molecule has 0 spiro atoms. The maximum Gasteiger partial charge on any atom is 0.336 e. The van der Waals surface area contributed by atoms with E-state index in [4.69, 9.17) is 0 Å². The number of carbonyl (C=O) groups is 2. The maximum atomic E-state index is 13.7. The number of benzene rings is 3. The quantitative estimate of drug-likeness (QED) is 0.518. The summed E-state index contributed by atoms with van der Waals surface area (Å²) in [6, 6.07) is 18.5. The molecule has 0 saturated heterocycles. The topological polar surface area (TPSA) is 54.4 Å². The molecule has 0 aliphatic rings. The minimum atomic E-state index is -1.08. The molecule has 0 aromatic heterocycles. The van der Waals surface area contributed by atoms with Gasteiger partial charge in [-0.1, -0.05) is 54.6 Å². The van der Waals surface area contributed by atoms with E-state index in [9.17, 15) is 19.1 Å². The van der Waals surface area contributed by atoms with Gasteiger partial charge in [0.15, 0.2) is 0 Å². The van der Waals surface area contributed by atoms with Crippen LogP contribution in [0.1, 0.15) is 15.9 Å². The Morgan fingerprint density at radius 1 is 0.885 bits per heavy atom. The van der Waals surface area contributed by atoms with Crippen LogP contribution < -0.4 is 0 Å². The van der Waals surface area contributed by atoms with Crippen LogP contribution in [0.3, 0.4) is 0 Å². The zero-order chi connectivity index (χ0) is 18.5. The zero-order valence-electron chi connectivity index (χ0n) is 13.7. The largest absolute Gasteiger partial charge is 0.478 e. The highest BCUT2D eigenvalue weighted by Crippen LogP contribution is 2.35. The maximum absolute atomic E-state index is 13.7. The number of rotatable bonds is 5. The van der Waals surface area contributed by atoms with Crippen LogP contribution in [0.4, 0.5) is 4.39 Å². The predicted octanol–water partition coefficient (Wildman–Crippen LogP) is 5.07. The number of hydrogen-bond acceptors (Lipinski definition) is 2. The summed E-state index contributed by atoms with van der Waals surface area (Å²) < 4.78 is 13.7. The van der Waals surface area contributed by atoms with Crippen molar-refractivity contribution in [2.45, 2.75) is 0 Å². The van der Waals surface area contributed by atoms with Crippen molar-refractivity contribution in [3.8, 4) is 22.3 Å². The molecule has 26 heavy (non-hydrogen) atoms. The Hall–Kier alpha value is -3.53. The first kappa shape index (κ1) is 17.3. The fourth-order valence-electron chi connectivity index (χ4n) is 2.93. The number of aromatic carboxylic acids is 1. The number of allylic oxidation sites excluding steroid dienone is 1. The Kier molecular flexibility index (Phi) is 5.04. The van der Waals surface area contributed by atoms with Crippen molar-refractivity contribution in [1.82, 2.24) is 0 Å². The van der Waals surface area contributed by atoms with Gasteiger partial charge >= 0.3 is 5.97 Å². The van der Waals surface area contributed by atoms with Gasteiger partial charge in [0, 0.05) is 0 Å². The first-order valence-electron chi connectivity index (χ1n) is 7.95. The van der Waals surface area contributed by atoms with E-state index >= 15 is 0 Å². The summed E-state index contributed by atoms with van der Waals surface area (Å²) in [6.45, 7) is 0. The van der Waals surface area contributed by atoms with E-state index in [1.54, 1.807) is 24.3 Å². The van der Waals surface area contributed by atoms with Crippen LogP contribution in [0, 0.1) is 5.82 Å². The highest BCUT2D eigenvalue weighted by atomic mass is 19.1. The molecule has 0 aliphatic heterocycles. The molecule has 1 N–H and O–H groups in total. The summed E-state index contributed by atoms with van der Waals surface area (Å²) in [6.07, 6.45) is 3.34. The van der Waals surface area contributed by atoms with Crippen LogP contribution in [0.25, 0.3) is 28.3 Å². The minimum absolute atomic E-state index is 0.0923. The Morgan fingerprint density at radius 3 is 2.27 bits per heavy atom. The molecule has 4 heteroatoms. The average molecular weight is 346 g/mol. The summed E-state index contributed by atoms with van der Waals surface area (Å²) in [4.78, 5) is 22.4. The SMILES string of the molecule is O=C/C=C/c1c(C(=O)O)cccc1-c1ccccc1-c1cccc(F)c1. The number of carboxylic acid groups (broad SMARTS) is 1. The lowest BCUT2D eigenvalue weighted by Gasteiger charge is -2.14. The Bertz CT molecular complexity index is 1010. The van der Waals surface area contributed by atoms with E-state index in [1.165, 1.54) is 30.4 Å². The van der Waals surface area contributed by atoms with E-state index in [2.05, 4.69) is 0 Å². The Balaban J connectivity index is 2.28. The van der Waals surface area contributed by atoms with Crippen LogP contribution in [-0.4, -0.2) is 17.4 Å². The first-order valence-corrected chi connectivity index (χ1v) is 7.95. The molecule has 0 amide bonds. The van der Waals surface area contributed by atoms with Crippen LogP contribution in [-0.2, 0) is 4.79 Å². The van der Waals surface area contributed by atoms with Crippen molar-refractivity contribution in [1.29, 1.82) is 0 Å². The molecule has 0 heterocycles. The Morgan fingerprint density at radius 2 is 1.58 bits per heavy atom. The molecular weight excluding hydrogens is 331 g/mol. The van der Waals surface area contributed by atoms with Crippen LogP contribution >= 0.6 is 0 Å². The monoisotopic (exact) mass is 346 g/mol. The third kappa shape index (κ3) is 3.44. The molecule has 0 radical (unpaired) electrons. The highest BCUT2D eigenvalue weighted by Gasteiger charge is 2.16. The zero-order valence-corrected chi connectivity index (χ0v) is 13.7. The van der Waals surface area contributed by atoms with Gasteiger partial charge in [-0.05, 0) is 52.1 Å². The summed E-state index contributed by atoms with van der Waals surface area (Å²) in [5, 5.41) is 9.49.